The number of furan rings is 1. The fourth-order valence-electron chi connectivity index (χ4n) is 1.43. The van der Waals surface area contributed by atoms with Gasteiger partial charge in [-0.2, -0.15) is 0 Å². The van der Waals surface area contributed by atoms with E-state index in [2.05, 4.69) is 11.6 Å². The second-order valence-electron chi connectivity index (χ2n) is 3.99. The Kier molecular flexibility index (Phi) is 5.09. The SMILES string of the molecule is C=CCOC(C)C(=O)OCc1csc(-c2ccco2)n1. The van der Waals surface area contributed by atoms with Gasteiger partial charge in [-0.3, -0.25) is 0 Å². The predicted octanol–water partition coefficient (Wildman–Crippen LogP) is 3.04. The summed E-state index contributed by atoms with van der Waals surface area (Å²) in [5.41, 5.74) is 0.686. The van der Waals surface area contributed by atoms with Gasteiger partial charge in [0.2, 0.25) is 0 Å². The van der Waals surface area contributed by atoms with Crippen molar-refractivity contribution >= 4 is 17.3 Å². The van der Waals surface area contributed by atoms with Gasteiger partial charge in [0, 0.05) is 5.38 Å². The zero-order valence-corrected chi connectivity index (χ0v) is 11.9. The molecule has 1 atom stereocenters. The summed E-state index contributed by atoms with van der Waals surface area (Å²) in [5, 5.41) is 2.59. The summed E-state index contributed by atoms with van der Waals surface area (Å²) in [7, 11) is 0. The minimum Gasteiger partial charge on any atom is -0.462 e. The van der Waals surface area contributed by atoms with Gasteiger partial charge in [0.25, 0.3) is 0 Å². The Morgan fingerprint density at radius 1 is 1.65 bits per heavy atom. The number of aromatic nitrogens is 1. The van der Waals surface area contributed by atoms with Crippen molar-refractivity contribution in [1.29, 1.82) is 0 Å². The van der Waals surface area contributed by atoms with Gasteiger partial charge in [-0.25, -0.2) is 9.78 Å². The fourth-order valence-corrected chi connectivity index (χ4v) is 2.20. The normalized spacial score (nSPS) is 12.1. The molecule has 0 aliphatic rings. The average Bonchev–Trinajstić information content (AvgIpc) is 3.12. The van der Waals surface area contributed by atoms with Crippen molar-refractivity contribution in [2.24, 2.45) is 0 Å². The highest BCUT2D eigenvalue weighted by Crippen LogP contribution is 2.24. The van der Waals surface area contributed by atoms with Crippen molar-refractivity contribution < 1.29 is 18.7 Å². The van der Waals surface area contributed by atoms with Crippen LogP contribution < -0.4 is 0 Å². The van der Waals surface area contributed by atoms with Crippen molar-refractivity contribution in [3.05, 3.63) is 42.1 Å². The van der Waals surface area contributed by atoms with Crippen LogP contribution in [0.15, 0.2) is 40.8 Å². The Bertz CT molecular complexity index is 562. The van der Waals surface area contributed by atoms with E-state index in [1.54, 1.807) is 25.3 Å². The lowest BCUT2D eigenvalue weighted by atomic mass is 10.4. The summed E-state index contributed by atoms with van der Waals surface area (Å²) < 4.78 is 15.6. The molecular formula is C14H15NO4S. The van der Waals surface area contributed by atoms with Gasteiger partial charge < -0.3 is 13.9 Å². The Morgan fingerprint density at radius 3 is 3.20 bits per heavy atom. The molecule has 0 fully saturated rings. The average molecular weight is 293 g/mol. The number of carbonyl (C=O) groups excluding carboxylic acids is 1. The minimum absolute atomic E-state index is 0.123. The van der Waals surface area contributed by atoms with Crippen LogP contribution in [0.4, 0.5) is 0 Å². The molecule has 0 aliphatic carbocycles. The van der Waals surface area contributed by atoms with Gasteiger partial charge in [0.05, 0.1) is 18.6 Å². The van der Waals surface area contributed by atoms with Crippen molar-refractivity contribution in [3.63, 3.8) is 0 Å². The van der Waals surface area contributed by atoms with Crippen LogP contribution in [0.3, 0.4) is 0 Å². The summed E-state index contributed by atoms with van der Waals surface area (Å²) >= 11 is 1.44. The van der Waals surface area contributed by atoms with E-state index in [9.17, 15) is 4.79 Å². The number of hydrogen-bond donors (Lipinski definition) is 0. The Morgan fingerprint density at radius 2 is 2.50 bits per heavy atom. The largest absolute Gasteiger partial charge is 0.462 e. The van der Waals surface area contributed by atoms with E-state index < -0.39 is 12.1 Å². The van der Waals surface area contributed by atoms with Crippen molar-refractivity contribution in [1.82, 2.24) is 4.98 Å². The van der Waals surface area contributed by atoms with Crippen LogP contribution in [0, 0.1) is 0 Å². The van der Waals surface area contributed by atoms with Crippen molar-refractivity contribution in [2.45, 2.75) is 19.6 Å². The zero-order valence-electron chi connectivity index (χ0n) is 11.1. The lowest BCUT2D eigenvalue weighted by molar-refractivity contribution is -0.156. The van der Waals surface area contributed by atoms with Gasteiger partial charge >= 0.3 is 5.97 Å². The second kappa shape index (κ2) is 7.02. The molecule has 2 heterocycles. The van der Waals surface area contributed by atoms with Gasteiger partial charge in [0.1, 0.15) is 6.61 Å². The zero-order chi connectivity index (χ0) is 14.4. The molecule has 0 saturated carbocycles. The highest BCUT2D eigenvalue weighted by molar-refractivity contribution is 7.13. The van der Waals surface area contributed by atoms with Crippen LogP contribution in [0.1, 0.15) is 12.6 Å². The molecule has 0 radical (unpaired) electrons. The molecule has 6 heteroatoms. The van der Waals surface area contributed by atoms with Crippen molar-refractivity contribution in [2.75, 3.05) is 6.61 Å². The van der Waals surface area contributed by atoms with E-state index >= 15 is 0 Å². The molecule has 0 bridgehead atoms. The highest BCUT2D eigenvalue weighted by Gasteiger charge is 2.15. The van der Waals surface area contributed by atoms with Gasteiger partial charge in [-0.1, -0.05) is 6.08 Å². The molecule has 2 aromatic rings. The lowest BCUT2D eigenvalue weighted by Gasteiger charge is -2.10. The first-order chi connectivity index (χ1) is 9.70. The van der Waals surface area contributed by atoms with E-state index in [0.29, 0.717) is 18.1 Å². The smallest absolute Gasteiger partial charge is 0.335 e. The third-order valence-corrected chi connectivity index (χ3v) is 3.35. The molecule has 20 heavy (non-hydrogen) atoms. The quantitative estimate of drug-likeness (QED) is 0.580. The topological polar surface area (TPSA) is 61.6 Å². The number of rotatable bonds is 7. The summed E-state index contributed by atoms with van der Waals surface area (Å²) in [6.45, 7) is 5.60. The molecule has 0 spiro atoms. The molecule has 0 N–H and O–H groups in total. The summed E-state index contributed by atoms with van der Waals surface area (Å²) in [4.78, 5) is 16.0. The monoisotopic (exact) mass is 293 g/mol. The first kappa shape index (κ1) is 14.5. The van der Waals surface area contributed by atoms with Crippen LogP contribution in [-0.4, -0.2) is 23.7 Å². The first-order valence-corrected chi connectivity index (χ1v) is 6.96. The first-order valence-electron chi connectivity index (χ1n) is 6.08. The standard InChI is InChI=1S/C14H15NO4S/c1-3-6-17-10(2)14(16)19-8-11-9-20-13(15-11)12-5-4-7-18-12/h3-5,7,9-10H,1,6,8H2,2H3. The maximum atomic E-state index is 11.6. The molecule has 0 saturated heterocycles. The van der Waals surface area contributed by atoms with Crippen LogP contribution in [-0.2, 0) is 20.9 Å². The van der Waals surface area contributed by atoms with E-state index in [0.717, 1.165) is 5.01 Å². The van der Waals surface area contributed by atoms with E-state index in [-0.39, 0.29) is 6.61 Å². The maximum absolute atomic E-state index is 11.6. The van der Waals surface area contributed by atoms with Gasteiger partial charge in [-0.15, -0.1) is 17.9 Å². The van der Waals surface area contributed by atoms with Crippen LogP contribution in [0.25, 0.3) is 10.8 Å². The third-order valence-electron chi connectivity index (χ3n) is 2.44. The molecule has 106 valence electrons. The summed E-state index contributed by atoms with van der Waals surface area (Å²) in [6.07, 6.45) is 2.56. The Balaban J connectivity index is 1.85. The molecule has 2 aromatic heterocycles. The van der Waals surface area contributed by atoms with Crippen LogP contribution >= 0.6 is 11.3 Å². The Labute approximate surface area is 120 Å². The minimum atomic E-state index is -0.615. The Hall–Kier alpha value is -1.92. The van der Waals surface area contributed by atoms with Crippen LogP contribution in [0.2, 0.25) is 0 Å². The lowest BCUT2D eigenvalue weighted by Crippen LogP contribution is -2.23. The molecule has 2 rings (SSSR count). The van der Waals surface area contributed by atoms with Crippen molar-refractivity contribution in [3.8, 4) is 10.8 Å². The molecule has 5 nitrogen and oxygen atoms in total. The number of carbonyl (C=O) groups is 1. The fraction of sp³-hybridized carbons (Fsp3) is 0.286. The highest BCUT2D eigenvalue weighted by atomic mass is 32.1. The second-order valence-corrected chi connectivity index (χ2v) is 4.85. The molecule has 0 amide bonds. The summed E-state index contributed by atoms with van der Waals surface area (Å²) in [5.74, 6) is 0.287. The number of nitrogens with zero attached hydrogens (tertiary/aromatic N) is 1. The summed E-state index contributed by atoms with van der Waals surface area (Å²) in [6, 6.07) is 3.63. The van der Waals surface area contributed by atoms with Crippen LogP contribution in [0.5, 0.6) is 0 Å². The van der Waals surface area contributed by atoms with Gasteiger partial charge in [-0.05, 0) is 19.1 Å². The molecular weight excluding hydrogens is 278 g/mol. The molecule has 1 unspecified atom stereocenters. The van der Waals surface area contributed by atoms with E-state index in [1.165, 1.54) is 11.3 Å². The number of hydrogen-bond acceptors (Lipinski definition) is 6. The number of thiazole rings is 1. The number of esters is 1. The van der Waals surface area contributed by atoms with E-state index in [4.69, 9.17) is 13.9 Å². The number of ether oxygens (including phenoxy) is 2. The molecule has 0 aliphatic heterocycles. The maximum Gasteiger partial charge on any atom is 0.335 e. The molecule has 0 aromatic carbocycles. The third kappa shape index (κ3) is 3.79. The van der Waals surface area contributed by atoms with E-state index in [1.807, 2.05) is 11.4 Å². The van der Waals surface area contributed by atoms with Gasteiger partial charge in [0.15, 0.2) is 16.9 Å². The predicted molar refractivity (Wildman–Crippen MR) is 75.2 cm³/mol.